The van der Waals surface area contributed by atoms with Crippen molar-refractivity contribution in [1.82, 2.24) is 44.1 Å². The Balaban J connectivity index is 0.000000142. The number of carbonyl (C=O) groups is 8. The Morgan fingerprint density at radius 3 is 1.59 bits per heavy atom. The summed E-state index contributed by atoms with van der Waals surface area (Å²) >= 11 is 7.30. The van der Waals surface area contributed by atoms with Gasteiger partial charge in [0.05, 0.1) is 48.3 Å². The number of thiophene rings is 1. The van der Waals surface area contributed by atoms with Crippen molar-refractivity contribution >= 4 is 122 Å². The molecule has 117 heavy (non-hydrogen) atoms. The van der Waals surface area contributed by atoms with Crippen LogP contribution in [0.2, 0.25) is 5.15 Å². The molecule has 9 aromatic heterocycles. The number of hydrogen-bond acceptors (Lipinski definition) is 22. The van der Waals surface area contributed by atoms with Gasteiger partial charge < -0.3 is 32.6 Å². The first-order valence-electron chi connectivity index (χ1n) is 35.4. The van der Waals surface area contributed by atoms with Crippen molar-refractivity contribution in [3.05, 3.63) is 348 Å². The molecule has 0 aliphatic carbocycles. The standard InChI is InChI=1S/C16H13NO3S.C16H13NO.2C11H9NO2.C10H7ClN2O.C10H8N2O3.C8H5NO2S.C6H7NO2/c1-12-6-8-14(9-7-12)21(19,20)17-10-13(11-18)15-4-2-3-5-16(15)17;18-12-14-11-17(10-13-6-2-1-3-7-13)16-9-5-4-8-15(14)16;1-8-10(7-13)11(12-14-8)9-5-3-2-4-6-9;1-8-10(7-13)11(14-12-8)9-5-3-2-4-6-9;11-9-8(6-14)12-10(13-9)7-4-2-1-3-5-7;1-6-9(5-13)8-4-7(12(14)15)2-3-10(8)11-6;10-5-6-4-7(11-9-6)8-2-1-3-12-8;1-4-6(3-8)5(2)9-7-4/h2-11H,1H3;1-9,11-12H,10H2;2*2-7H,1H3;1-6H,(H,12,13);2-5,11H,1H3;1-5H;3H,1-2H3. The number of nitro benzene ring substituents is 1. The number of aromatic amines is 2. The van der Waals surface area contributed by atoms with Gasteiger partial charge in [-0.15, -0.1) is 11.3 Å². The lowest BCUT2D eigenvalue weighted by Crippen LogP contribution is -2.11. The van der Waals surface area contributed by atoms with Gasteiger partial charge in [0.1, 0.15) is 39.6 Å². The molecule has 0 saturated carbocycles. The number of nitrogens with zero attached hydrogens (tertiary/aromatic N) is 8. The molecular formula is C88H71ClN10O16S2. The summed E-state index contributed by atoms with van der Waals surface area (Å²) < 4.78 is 48.4. The SMILES string of the molecule is Cc1[nH]c2ccc([N+](=O)[O-])cc2c1C=O.Cc1ccc(S(=O)(=O)n2cc(C=O)c3ccccc32)cc1.Cc1noc(-c2ccccc2)c1C=O.Cc1noc(C)c1C=O.Cc1onc(-c2ccccc2)c1C=O.O=Cc1cc(-c2cccs2)on1.O=Cc1cn(Cc2ccccc2)c2ccccc12.O=Cc1nc(-c2ccccc2)[nH]c1Cl. The zero-order valence-electron chi connectivity index (χ0n) is 63.3. The van der Waals surface area contributed by atoms with Gasteiger partial charge in [-0.3, -0.25) is 48.5 Å². The van der Waals surface area contributed by atoms with E-state index in [1.165, 1.54) is 23.9 Å². The van der Waals surface area contributed by atoms with Gasteiger partial charge in [0.25, 0.3) is 15.7 Å². The summed E-state index contributed by atoms with van der Waals surface area (Å²) in [5.41, 5.74) is 13.6. The van der Waals surface area contributed by atoms with E-state index in [9.17, 15) is 56.9 Å². The minimum Gasteiger partial charge on any atom is -0.361 e. The maximum Gasteiger partial charge on any atom is 0.270 e. The number of carbonyl (C=O) groups excluding carboxylic acids is 8. The first kappa shape index (κ1) is 84.6. The Morgan fingerprint density at radius 2 is 1.04 bits per heavy atom. The summed E-state index contributed by atoms with van der Waals surface area (Å²) in [5, 5.41) is 29.8. The van der Waals surface area contributed by atoms with Crippen LogP contribution < -0.4 is 0 Å². The number of halogens is 1. The van der Waals surface area contributed by atoms with Gasteiger partial charge in [-0.05, 0) is 88.9 Å². The highest BCUT2D eigenvalue weighted by Gasteiger charge is 2.22. The summed E-state index contributed by atoms with van der Waals surface area (Å²) in [5.74, 6) is 2.93. The highest BCUT2D eigenvalue weighted by Crippen LogP contribution is 2.31. The number of aromatic nitrogens is 9. The second-order valence-corrected chi connectivity index (χ2v) is 28.4. The number of aldehydes is 8. The van der Waals surface area contributed by atoms with Crippen molar-refractivity contribution < 1.29 is 69.8 Å². The molecule has 0 unspecified atom stereocenters. The van der Waals surface area contributed by atoms with E-state index in [1.807, 2.05) is 164 Å². The maximum atomic E-state index is 12.7. The molecule has 0 atom stereocenters. The number of fused-ring (bicyclic) bond motifs is 3. The van der Waals surface area contributed by atoms with Crippen molar-refractivity contribution in [3.8, 4) is 44.6 Å². The minimum absolute atomic E-state index is 0.00963. The van der Waals surface area contributed by atoms with E-state index < -0.39 is 14.9 Å². The van der Waals surface area contributed by atoms with E-state index in [2.05, 4.69) is 52.3 Å². The number of imidazole rings is 1. The zero-order chi connectivity index (χ0) is 83.5. The predicted octanol–water partition coefficient (Wildman–Crippen LogP) is 19.5. The van der Waals surface area contributed by atoms with Gasteiger partial charge in [0.2, 0.25) is 0 Å². The average molecular weight is 1620 g/mol. The van der Waals surface area contributed by atoms with Crippen LogP contribution in [0.1, 0.15) is 123 Å². The highest BCUT2D eigenvalue weighted by molar-refractivity contribution is 7.90. The van der Waals surface area contributed by atoms with Crippen molar-refractivity contribution in [2.75, 3.05) is 0 Å². The molecule has 17 aromatic rings. The van der Waals surface area contributed by atoms with E-state index in [-0.39, 0.29) is 21.4 Å². The van der Waals surface area contributed by atoms with E-state index in [4.69, 9.17) is 29.7 Å². The molecule has 0 saturated heterocycles. The minimum atomic E-state index is -3.71. The van der Waals surface area contributed by atoms with Crippen LogP contribution in [0.25, 0.3) is 77.3 Å². The van der Waals surface area contributed by atoms with Crippen molar-refractivity contribution in [3.63, 3.8) is 0 Å². The van der Waals surface area contributed by atoms with Gasteiger partial charge in [-0.25, -0.2) is 17.4 Å². The average Bonchev–Trinajstić information content (AvgIpc) is 1.62. The van der Waals surface area contributed by atoms with Crippen molar-refractivity contribution in [2.24, 2.45) is 0 Å². The van der Waals surface area contributed by atoms with Crippen LogP contribution in [0.3, 0.4) is 0 Å². The number of aryl methyl sites for hydroxylation is 6. The molecule has 2 N–H and O–H groups in total. The summed E-state index contributed by atoms with van der Waals surface area (Å²) in [4.78, 5) is 107. The van der Waals surface area contributed by atoms with Gasteiger partial charge in [-0.1, -0.05) is 214 Å². The van der Waals surface area contributed by atoms with Crippen LogP contribution in [0.15, 0.2) is 271 Å². The Hall–Kier alpha value is -14.9. The predicted molar refractivity (Wildman–Crippen MR) is 444 cm³/mol. The van der Waals surface area contributed by atoms with Crippen LogP contribution in [0.4, 0.5) is 5.69 Å². The number of benzene rings is 8. The fraction of sp³-hybridized carbons (Fsp3) is 0.0795. The third kappa shape index (κ3) is 21.1. The highest BCUT2D eigenvalue weighted by atomic mass is 35.5. The first-order valence-corrected chi connectivity index (χ1v) is 38.1. The third-order valence-electron chi connectivity index (χ3n) is 17.5. The Morgan fingerprint density at radius 1 is 0.496 bits per heavy atom. The van der Waals surface area contributed by atoms with E-state index in [0.717, 1.165) is 90.5 Å². The quantitative estimate of drug-likeness (QED) is 0.0486. The number of rotatable bonds is 17. The lowest BCUT2D eigenvalue weighted by Gasteiger charge is -2.07. The molecule has 0 bridgehead atoms. The largest absolute Gasteiger partial charge is 0.361 e. The molecule has 0 fully saturated rings. The summed E-state index contributed by atoms with van der Waals surface area (Å²) in [6.07, 6.45) is 9.18. The molecule has 17 rings (SSSR count). The van der Waals surface area contributed by atoms with Crippen molar-refractivity contribution in [2.45, 2.75) is 53.0 Å². The van der Waals surface area contributed by atoms with Crippen LogP contribution in [0, 0.1) is 51.7 Å². The molecule has 0 aliphatic heterocycles. The number of para-hydroxylation sites is 2. The number of hydrogen-bond donors (Lipinski definition) is 2. The van der Waals surface area contributed by atoms with Gasteiger partial charge in [-0.2, -0.15) is 0 Å². The van der Waals surface area contributed by atoms with Crippen molar-refractivity contribution in [1.29, 1.82) is 0 Å². The van der Waals surface area contributed by atoms with Gasteiger partial charge in [0, 0.05) is 103 Å². The molecule has 0 spiro atoms. The lowest BCUT2D eigenvalue weighted by atomic mass is 10.1. The second kappa shape index (κ2) is 40.5. The third-order valence-corrected chi connectivity index (χ3v) is 20.4. The van der Waals surface area contributed by atoms with E-state index in [1.54, 1.807) is 107 Å². The first-order chi connectivity index (χ1) is 56.7. The molecule has 9 heterocycles. The molecule has 0 amide bonds. The molecule has 588 valence electrons. The Bertz CT molecular complexity index is 6280. The number of non-ortho nitro benzene ring substituents is 1. The van der Waals surface area contributed by atoms with Gasteiger partial charge >= 0.3 is 0 Å². The zero-order valence-corrected chi connectivity index (χ0v) is 65.7. The Kier molecular flexibility index (Phi) is 29.3. The maximum absolute atomic E-state index is 12.7. The Labute approximate surface area is 677 Å². The molecule has 0 radical (unpaired) electrons. The van der Waals surface area contributed by atoms with E-state index in [0.29, 0.717) is 121 Å². The lowest BCUT2D eigenvalue weighted by molar-refractivity contribution is -0.384. The summed E-state index contributed by atoms with van der Waals surface area (Å²) in [6.45, 7) is 11.4. The molecular weight excluding hydrogens is 1550 g/mol. The topological polar surface area (TPSA) is 372 Å². The van der Waals surface area contributed by atoms with E-state index >= 15 is 0 Å². The van der Waals surface area contributed by atoms with Crippen LogP contribution in [0.5, 0.6) is 0 Å². The second-order valence-electron chi connectivity index (χ2n) is 25.2. The molecule has 8 aromatic carbocycles. The number of H-pyrrole nitrogens is 2. The van der Waals surface area contributed by atoms with Crippen LogP contribution in [-0.4, -0.2) is 108 Å². The normalized spacial score (nSPS) is 10.5. The molecule has 26 nitrogen and oxygen atoms in total. The van der Waals surface area contributed by atoms with Crippen LogP contribution in [-0.2, 0) is 16.6 Å². The molecule has 0 aliphatic rings. The monoisotopic (exact) mass is 1620 g/mol. The molecule has 29 heteroatoms. The van der Waals surface area contributed by atoms with Crippen LogP contribution >= 0.6 is 22.9 Å². The fourth-order valence-corrected chi connectivity index (χ4v) is 13.7. The van der Waals surface area contributed by atoms with Gasteiger partial charge in [0.15, 0.2) is 61.8 Å². The number of nitro groups is 1. The summed E-state index contributed by atoms with van der Waals surface area (Å²) in [7, 11) is -3.71. The summed E-state index contributed by atoms with van der Waals surface area (Å²) in [6, 6.07) is 70.1. The smallest absolute Gasteiger partial charge is 0.270 e. The fourth-order valence-electron chi connectivity index (χ4n) is 11.5. The number of nitrogens with one attached hydrogen (secondary N) is 2.